The maximum atomic E-state index is 5.96. The van der Waals surface area contributed by atoms with E-state index in [1.807, 2.05) is 0 Å². The second kappa shape index (κ2) is 9.40. The van der Waals surface area contributed by atoms with Gasteiger partial charge >= 0.3 is 0 Å². The Morgan fingerprint density at radius 2 is 1.80 bits per heavy atom. The topological polar surface area (TPSA) is 30.5 Å². The first-order valence-electron chi connectivity index (χ1n) is 5.62. The molecular weight excluding hydrogens is 214 g/mol. The molecule has 0 unspecified atom stereocenters. The molecule has 0 aliphatic rings. The summed E-state index contributed by atoms with van der Waals surface area (Å²) in [4.78, 5) is 0. The third-order valence-electron chi connectivity index (χ3n) is 2.79. The molecule has 1 N–H and O–H groups in total. The Morgan fingerprint density at radius 3 is 2.27 bits per heavy atom. The molecule has 0 bridgehead atoms. The first kappa shape index (κ1) is 15.2. The number of ether oxygens (including phenoxy) is 2. The Bertz CT molecular complexity index is 132. The molecule has 0 aromatic rings. The number of nitrogens with one attached hydrogen (secondary N) is 1. The van der Waals surface area contributed by atoms with Crippen LogP contribution in [0.15, 0.2) is 0 Å². The largest absolute Gasteiger partial charge is 0.382 e. The summed E-state index contributed by atoms with van der Waals surface area (Å²) in [6, 6.07) is 0. The van der Waals surface area contributed by atoms with E-state index in [0.717, 1.165) is 19.4 Å². The third-order valence-corrected chi connectivity index (χ3v) is 3.30. The van der Waals surface area contributed by atoms with E-state index >= 15 is 0 Å². The van der Waals surface area contributed by atoms with Crippen molar-refractivity contribution in [3.8, 4) is 0 Å². The monoisotopic (exact) mass is 237 g/mol. The average Bonchev–Trinajstić information content (AvgIpc) is 2.29. The summed E-state index contributed by atoms with van der Waals surface area (Å²) in [5.74, 6) is 0.651. The molecule has 0 amide bonds. The van der Waals surface area contributed by atoms with Crippen molar-refractivity contribution < 1.29 is 9.47 Å². The van der Waals surface area contributed by atoms with Gasteiger partial charge in [-0.1, -0.05) is 13.8 Å². The number of methoxy groups -OCH3 is 1. The van der Waals surface area contributed by atoms with Crippen LogP contribution in [0.2, 0.25) is 0 Å². The van der Waals surface area contributed by atoms with Crippen LogP contribution in [0.5, 0.6) is 0 Å². The Kier molecular flexibility index (Phi) is 9.51. The highest BCUT2D eigenvalue weighted by molar-refractivity contribution is 6.18. The van der Waals surface area contributed by atoms with E-state index < -0.39 is 0 Å². The van der Waals surface area contributed by atoms with Crippen molar-refractivity contribution in [2.45, 2.75) is 32.2 Å². The van der Waals surface area contributed by atoms with Crippen LogP contribution in [0.25, 0.3) is 0 Å². The van der Waals surface area contributed by atoms with Crippen molar-refractivity contribution in [3.63, 3.8) is 0 Å². The molecule has 0 saturated heterocycles. The van der Waals surface area contributed by atoms with E-state index in [4.69, 9.17) is 21.1 Å². The van der Waals surface area contributed by atoms with Crippen LogP contribution in [0, 0.1) is 0 Å². The van der Waals surface area contributed by atoms with Gasteiger partial charge in [-0.15, -0.1) is 11.6 Å². The van der Waals surface area contributed by atoms with Gasteiger partial charge in [-0.3, -0.25) is 0 Å². The van der Waals surface area contributed by atoms with E-state index in [2.05, 4.69) is 19.2 Å². The fourth-order valence-electron chi connectivity index (χ4n) is 1.37. The zero-order valence-electron chi connectivity index (χ0n) is 10.1. The highest BCUT2D eigenvalue weighted by atomic mass is 35.5. The molecule has 0 heterocycles. The minimum absolute atomic E-state index is 0.0756. The lowest BCUT2D eigenvalue weighted by Gasteiger charge is -2.30. The standard InChI is InChI=1S/C11H24ClNO2/c1-4-11(5-2,10-12)13-6-7-15-9-8-14-3/h13H,4-10H2,1-3H3. The van der Waals surface area contributed by atoms with Gasteiger partial charge < -0.3 is 14.8 Å². The molecular formula is C11H24ClNO2. The van der Waals surface area contributed by atoms with Crippen molar-refractivity contribution in [2.75, 3.05) is 39.4 Å². The summed E-state index contributed by atoms with van der Waals surface area (Å²) in [5, 5.41) is 3.46. The van der Waals surface area contributed by atoms with Gasteiger partial charge in [0.05, 0.1) is 19.8 Å². The third kappa shape index (κ3) is 6.36. The smallest absolute Gasteiger partial charge is 0.0700 e. The lowest BCUT2D eigenvalue weighted by atomic mass is 9.95. The molecule has 0 aliphatic carbocycles. The lowest BCUT2D eigenvalue weighted by molar-refractivity contribution is 0.0689. The second-order valence-electron chi connectivity index (χ2n) is 3.65. The van der Waals surface area contributed by atoms with Gasteiger partial charge in [0, 0.05) is 25.1 Å². The molecule has 0 spiro atoms. The molecule has 3 nitrogen and oxygen atoms in total. The number of halogens is 1. The summed E-state index contributed by atoms with van der Waals surface area (Å²) in [7, 11) is 1.67. The van der Waals surface area contributed by atoms with Crippen LogP contribution in [0.4, 0.5) is 0 Å². The van der Waals surface area contributed by atoms with Crippen molar-refractivity contribution in [3.05, 3.63) is 0 Å². The van der Waals surface area contributed by atoms with Crippen LogP contribution in [-0.2, 0) is 9.47 Å². The summed E-state index contributed by atoms with van der Waals surface area (Å²) in [5.41, 5.74) is 0.0756. The van der Waals surface area contributed by atoms with Crippen LogP contribution >= 0.6 is 11.6 Å². The molecule has 15 heavy (non-hydrogen) atoms. The molecule has 0 fully saturated rings. The van der Waals surface area contributed by atoms with E-state index in [1.54, 1.807) is 7.11 Å². The van der Waals surface area contributed by atoms with Crippen molar-refractivity contribution in [2.24, 2.45) is 0 Å². The molecule has 0 radical (unpaired) electrons. The molecule has 0 aromatic carbocycles. The molecule has 0 aromatic heterocycles. The molecule has 0 saturated carbocycles. The van der Waals surface area contributed by atoms with Gasteiger partial charge in [-0.25, -0.2) is 0 Å². The van der Waals surface area contributed by atoms with Gasteiger partial charge in [0.1, 0.15) is 0 Å². The fourth-order valence-corrected chi connectivity index (χ4v) is 1.84. The van der Waals surface area contributed by atoms with E-state index in [0.29, 0.717) is 25.7 Å². The summed E-state index contributed by atoms with van der Waals surface area (Å²) >= 11 is 5.96. The first-order chi connectivity index (χ1) is 7.24. The van der Waals surface area contributed by atoms with Crippen molar-refractivity contribution >= 4 is 11.6 Å². The zero-order valence-corrected chi connectivity index (χ0v) is 10.9. The minimum Gasteiger partial charge on any atom is -0.382 e. The summed E-state index contributed by atoms with van der Waals surface area (Å²) in [6.07, 6.45) is 2.09. The Labute approximate surface area is 98.5 Å². The quantitative estimate of drug-likeness (QED) is 0.466. The van der Waals surface area contributed by atoms with Gasteiger partial charge in [-0.2, -0.15) is 0 Å². The van der Waals surface area contributed by atoms with E-state index in [9.17, 15) is 0 Å². The second-order valence-corrected chi connectivity index (χ2v) is 3.92. The Balaban J connectivity index is 3.54. The first-order valence-corrected chi connectivity index (χ1v) is 6.15. The lowest BCUT2D eigenvalue weighted by Crippen LogP contribution is -2.47. The predicted molar refractivity (Wildman–Crippen MR) is 64.7 cm³/mol. The average molecular weight is 238 g/mol. The van der Waals surface area contributed by atoms with Crippen molar-refractivity contribution in [1.29, 1.82) is 0 Å². The summed E-state index contributed by atoms with van der Waals surface area (Å²) < 4.78 is 10.3. The number of rotatable bonds is 10. The highest BCUT2D eigenvalue weighted by Crippen LogP contribution is 2.16. The van der Waals surface area contributed by atoms with Crippen LogP contribution < -0.4 is 5.32 Å². The number of alkyl halides is 1. The number of hydrogen-bond donors (Lipinski definition) is 1. The van der Waals surface area contributed by atoms with Gasteiger partial charge in [-0.05, 0) is 12.8 Å². The maximum Gasteiger partial charge on any atom is 0.0700 e. The number of hydrogen-bond acceptors (Lipinski definition) is 3. The summed E-state index contributed by atoms with van der Waals surface area (Å²) in [6.45, 7) is 7.18. The Morgan fingerprint density at radius 1 is 1.13 bits per heavy atom. The SMILES string of the molecule is CCC(CC)(CCl)NCCOCCOC. The minimum atomic E-state index is 0.0756. The molecule has 4 heteroatoms. The van der Waals surface area contributed by atoms with Crippen LogP contribution in [0.1, 0.15) is 26.7 Å². The molecule has 0 atom stereocenters. The van der Waals surface area contributed by atoms with Gasteiger partial charge in [0.2, 0.25) is 0 Å². The predicted octanol–water partition coefficient (Wildman–Crippen LogP) is 2.04. The maximum absolute atomic E-state index is 5.96. The van der Waals surface area contributed by atoms with E-state index in [-0.39, 0.29) is 5.54 Å². The van der Waals surface area contributed by atoms with Crippen LogP contribution in [0.3, 0.4) is 0 Å². The normalized spacial score (nSPS) is 12.0. The van der Waals surface area contributed by atoms with Gasteiger partial charge in [0.15, 0.2) is 0 Å². The van der Waals surface area contributed by atoms with E-state index in [1.165, 1.54) is 0 Å². The molecule has 0 rings (SSSR count). The highest BCUT2D eigenvalue weighted by Gasteiger charge is 2.23. The fraction of sp³-hybridized carbons (Fsp3) is 1.00. The van der Waals surface area contributed by atoms with Crippen LogP contribution in [-0.4, -0.2) is 44.9 Å². The Hall–Kier alpha value is 0.170. The van der Waals surface area contributed by atoms with Gasteiger partial charge in [0.25, 0.3) is 0 Å². The van der Waals surface area contributed by atoms with Crippen molar-refractivity contribution in [1.82, 2.24) is 5.32 Å². The zero-order chi connectivity index (χ0) is 11.6. The molecule has 92 valence electrons. The molecule has 0 aliphatic heterocycles.